The van der Waals surface area contributed by atoms with Gasteiger partial charge in [0.2, 0.25) is 0 Å². The highest BCUT2D eigenvalue weighted by atomic mass is 35.5. The van der Waals surface area contributed by atoms with Gasteiger partial charge in [-0.3, -0.25) is 4.79 Å². The molecule has 0 saturated heterocycles. The third-order valence-electron chi connectivity index (χ3n) is 3.83. The van der Waals surface area contributed by atoms with Crippen LogP contribution in [0.4, 0.5) is 0 Å². The Kier molecular flexibility index (Phi) is 6.79. The summed E-state index contributed by atoms with van der Waals surface area (Å²) >= 11 is 6.08. The topological polar surface area (TPSA) is 60.8 Å². The predicted octanol–water partition coefficient (Wildman–Crippen LogP) is 3.09. The smallest absolute Gasteiger partial charge is 0.256 e. The molecule has 24 heavy (non-hydrogen) atoms. The van der Waals surface area contributed by atoms with Crippen LogP contribution in [0, 0.1) is 6.92 Å². The summed E-state index contributed by atoms with van der Waals surface area (Å²) in [7, 11) is 0. The van der Waals surface area contributed by atoms with Crippen LogP contribution >= 0.6 is 11.6 Å². The largest absolute Gasteiger partial charge is 0.396 e. The Morgan fingerprint density at radius 3 is 2.46 bits per heavy atom. The van der Waals surface area contributed by atoms with Gasteiger partial charge in [-0.2, -0.15) is 0 Å². The summed E-state index contributed by atoms with van der Waals surface area (Å²) in [5, 5.41) is 19.9. The quantitative estimate of drug-likeness (QED) is 0.809. The Labute approximate surface area is 147 Å². The first-order chi connectivity index (χ1) is 11.5. The van der Waals surface area contributed by atoms with Gasteiger partial charge >= 0.3 is 0 Å². The molecule has 2 rings (SSSR count). The minimum Gasteiger partial charge on any atom is -0.396 e. The predicted molar refractivity (Wildman–Crippen MR) is 94.7 cm³/mol. The number of hydrogen-bond acceptors (Lipinski definition) is 3. The average molecular weight is 348 g/mol. The third-order valence-corrected chi connectivity index (χ3v) is 4.17. The maximum Gasteiger partial charge on any atom is 0.256 e. The lowest BCUT2D eigenvalue weighted by Gasteiger charge is -2.25. The fraction of sp³-hybridized carbons (Fsp3) is 0.316. The highest BCUT2D eigenvalue weighted by Gasteiger charge is 2.25. The second-order valence-electron chi connectivity index (χ2n) is 5.75. The lowest BCUT2D eigenvalue weighted by molar-refractivity contribution is -0.141. The molecule has 0 radical (unpaired) electrons. The van der Waals surface area contributed by atoms with Crippen LogP contribution < -0.4 is 0 Å². The van der Waals surface area contributed by atoms with Crippen molar-refractivity contribution in [3.8, 4) is 0 Å². The molecule has 0 aromatic heterocycles. The molecule has 0 heterocycles. The molecule has 0 aliphatic rings. The molecule has 2 aromatic carbocycles. The second-order valence-corrected chi connectivity index (χ2v) is 6.15. The molecule has 0 aliphatic heterocycles. The van der Waals surface area contributed by atoms with E-state index < -0.39 is 12.0 Å². The van der Waals surface area contributed by atoms with E-state index in [-0.39, 0.29) is 6.61 Å². The molecule has 5 heteroatoms. The molecule has 4 nitrogen and oxygen atoms in total. The summed E-state index contributed by atoms with van der Waals surface area (Å²) < 4.78 is 0. The van der Waals surface area contributed by atoms with Crippen molar-refractivity contribution in [1.29, 1.82) is 0 Å². The number of carbonyl (C=O) groups is 1. The highest BCUT2D eigenvalue weighted by molar-refractivity contribution is 6.31. The first-order valence-corrected chi connectivity index (χ1v) is 8.28. The van der Waals surface area contributed by atoms with E-state index in [1.807, 2.05) is 31.2 Å². The molecule has 0 spiro atoms. The number of aliphatic hydroxyl groups is 2. The second kappa shape index (κ2) is 8.83. The van der Waals surface area contributed by atoms with Gasteiger partial charge in [0.1, 0.15) is 0 Å². The summed E-state index contributed by atoms with van der Waals surface area (Å²) in [4.78, 5) is 14.3. The Hall–Kier alpha value is -1.88. The van der Waals surface area contributed by atoms with Gasteiger partial charge in [0.05, 0.1) is 0 Å². The molecule has 2 N–H and O–H groups in total. The van der Waals surface area contributed by atoms with Crippen molar-refractivity contribution in [3.05, 3.63) is 70.2 Å². The van der Waals surface area contributed by atoms with Crippen molar-refractivity contribution in [2.75, 3.05) is 13.2 Å². The van der Waals surface area contributed by atoms with E-state index in [1.54, 1.807) is 29.2 Å². The first-order valence-electron chi connectivity index (χ1n) is 7.90. The normalized spacial score (nSPS) is 12.0. The van der Waals surface area contributed by atoms with Crippen LogP contribution in [-0.4, -0.2) is 34.2 Å². The number of aryl methyl sites for hydroxylation is 1. The monoisotopic (exact) mass is 347 g/mol. The molecule has 0 saturated carbocycles. The number of nitrogens with zero attached hydrogens (tertiary/aromatic N) is 1. The van der Waals surface area contributed by atoms with Crippen molar-refractivity contribution < 1.29 is 15.0 Å². The number of aliphatic hydroxyl groups excluding tert-OH is 2. The zero-order chi connectivity index (χ0) is 17.5. The first kappa shape index (κ1) is 18.5. The average Bonchev–Trinajstić information content (AvgIpc) is 2.59. The molecule has 0 aliphatic carbocycles. The zero-order valence-electron chi connectivity index (χ0n) is 13.7. The molecule has 0 fully saturated rings. The molecule has 1 amide bonds. The van der Waals surface area contributed by atoms with Crippen molar-refractivity contribution in [1.82, 2.24) is 4.90 Å². The van der Waals surface area contributed by atoms with Gasteiger partial charge < -0.3 is 15.1 Å². The maximum absolute atomic E-state index is 12.7. The minimum absolute atomic E-state index is 0.0140. The van der Waals surface area contributed by atoms with E-state index in [4.69, 9.17) is 16.7 Å². The Morgan fingerprint density at radius 2 is 1.83 bits per heavy atom. The number of amides is 1. The van der Waals surface area contributed by atoms with Gasteiger partial charge in [0, 0.05) is 30.3 Å². The molecule has 128 valence electrons. The molecular formula is C19H22ClNO3. The molecule has 0 bridgehead atoms. The van der Waals surface area contributed by atoms with Crippen molar-refractivity contribution in [2.45, 2.75) is 26.0 Å². The number of hydrogen-bond donors (Lipinski definition) is 2. The van der Waals surface area contributed by atoms with Crippen LogP contribution in [-0.2, 0) is 11.3 Å². The van der Waals surface area contributed by atoms with E-state index in [2.05, 4.69) is 0 Å². The van der Waals surface area contributed by atoms with Gasteiger partial charge in [-0.15, -0.1) is 0 Å². The number of carbonyl (C=O) groups excluding carboxylic acids is 1. The summed E-state index contributed by atoms with van der Waals surface area (Å²) in [6.45, 7) is 2.73. The van der Waals surface area contributed by atoms with Crippen molar-refractivity contribution in [3.63, 3.8) is 0 Å². The SMILES string of the molecule is Cc1ccc(CN(CCCO)C(=O)C(O)c2ccccc2Cl)cc1. The standard InChI is InChI=1S/C19H22ClNO3/c1-14-7-9-15(10-8-14)13-21(11-4-12-22)19(24)18(23)16-5-2-3-6-17(16)20/h2-3,5-10,18,22-23H,4,11-13H2,1H3. The number of rotatable bonds is 7. The highest BCUT2D eigenvalue weighted by Crippen LogP contribution is 2.25. The summed E-state index contributed by atoms with van der Waals surface area (Å²) in [5.41, 5.74) is 2.50. The summed E-state index contributed by atoms with van der Waals surface area (Å²) in [5.74, 6) is -0.419. The van der Waals surface area contributed by atoms with E-state index in [1.165, 1.54) is 0 Å². The lowest BCUT2D eigenvalue weighted by Crippen LogP contribution is -2.36. The van der Waals surface area contributed by atoms with E-state index in [9.17, 15) is 9.90 Å². The summed E-state index contributed by atoms with van der Waals surface area (Å²) in [6, 6.07) is 14.6. The van der Waals surface area contributed by atoms with Crippen LogP contribution in [0.15, 0.2) is 48.5 Å². The van der Waals surface area contributed by atoms with Gasteiger partial charge in [-0.05, 0) is 25.0 Å². The van der Waals surface area contributed by atoms with E-state index in [0.717, 1.165) is 11.1 Å². The van der Waals surface area contributed by atoms with Gasteiger partial charge in [-0.1, -0.05) is 59.6 Å². The van der Waals surface area contributed by atoms with Gasteiger partial charge in [0.25, 0.3) is 5.91 Å². The maximum atomic E-state index is 12.7. The lowest BCUT2D eigenvalue weighted by atomic mass is 10.1. The van der Waals surface area contributed by atoms with Crippen LogP contribution in [0.2, 0.25) is 5.02 Å². The van der Waals surface area contributed by atoms with Gasteiger partial charge in [0.15, 0.2) is 6.10 Å². The molecule has 1 unspecified atom stereocenters. The van der Waals surface area contributed by atoms with Crippen LogP contribution in [0.3, 0.4) is 0 Å². The minimum atomic E-state index is -1.32. The van der Waals surface area contributed by atoms with Crippen LogP contribution in [0.25, 0.3) is 0 Å². The third kappa shape index (κ3) is 4.81. The van der Waals surface area contributed by atoms with E-state index in [0.29, 0.717) is 30.1 Å². The van der Waals surface area contributed by atoms with E-state index >= 15 is 0 Å². The Balaban J connectivity index is 2.18. The van der Waals surface area contributed by atoms with Crippen molar-refractivity contribution in [2.24, 2.45) is 0 Å². The fourth-order valence-electron chi connectivity index (χ4n) is 2.45. The molecule has 1 atom stereocenters. The molecular weight excluding hydrogens is 326 g/mol. The Bertz CT molecular complexity index is 673. The molecule has 2 aromatic rings. The Morgan fingerprint density at radius 1 is 1.17 bits per heavy atom. The van der Waals surface area contributed by atoms with Crippen molar-refractivity contribution >= 4 is 17.5 Å². The summed E-state index contributed by atoms with van der Waals surface area (Å²) in [6.07, 6.45) is -0.866. The zero-order valence-corrected chi connectivity index (χ0v) is 14.4. The number of benzene rings is 2. The van der Waals surface area contributed by atoms with Crippen LogP contribution in [0.1, 0.15) is 29.2 Å². The fourth-order valence-corrected chi connectivity index (χ4v) is 2.68. The van der Waals surface area contributed by atoms with Crippen LogP contribution in [0.5, 0.6) is 0 Å². The number of halogens is 1. The van der Waals surface area contributed by atoms with Gasteiger partial charge in [-0.25, -0.2) is 0 Å².